The molecule has 0 aromatic carbocycles. The molecule has 0 spiro atoms. The summed E-state index contributed by atoms with van der Waals surface area (Å²) in [5.41, 5.74) is 0. The highest BCUT2D eigenvalue weighted by Gasteiger charge is 2.01. The van der Waals surface area contributed by atoms with Gasteiger partial charge in [-0.3, -0.25) is 4.79 Å². The molecule has 0 atom stereocenters. The molecule has 27 heavy (non-hydrogen) atoms. The summed E-state index contributed by atoms with van der Waals surface area (Å²) in [6, 6.07) is 0. The van der Waals surface area contributed by atoms with Gasteiger partial charge >= 0.3 is 0 Å². The SMILES string of the molecule is CC(C)OCCCCCCCCC(=O)NCCOCCOCCOCCO. The van der Waals surface area contributed by atoms with Crippen molar-refractivity contribution in [1.82, 2.24) is 5.32 Å². The number of ether oxygens (including phenoxy) is 4. The van der Waals surface area contributed by atoms with E-state index in [0.29, 0.717) is 58.7 Å². The molecule has 0 aromatic rings. The molecule has 0 bridgehead atoms. The van der Waals surface area contributed by atoms with Gasteiger partial charge in [-0.05, 0) is 26.7 Å². The standard InChI is InChI=1S/C20H41NO6/c1-19(2)27-12-8-6-4-3-5-7-9-20(23)21-10-13-24-15-17-26-18-16-25-14-11-22/h19,22H,3-18H2,1-2H3,(H,21,23). The number of rotatable bonds is 21. The number of hydrogen-bond donors (Lipinski definition) is 2. The second kappa shape index (κ2) is 21.6. The van der Waals surface area contributed by atoms with E-state index in [1.54, 1.807) is 0 Å². The molecule has 2 N–H and O–H groups in total. The molecule has 162 valence electrons. The van der Waals surface area contributed by atoms with Crippen LogP contribution in [0.5, 0.6) is 0 Å². The summed E-state index contributed by atoms with van der Waals surface area (Å²) in [6.45, 7) is 8.34. The molecule has 0 heterocycles. The van der Waals surface area contributed by atoms with Crippen molar-refractivity contribution >= 4 is 5.91 Å². The fourth-order valence-corrected chi connectivity index (χ4v) is 2.37. The van der Waals surface area contributed by atoms with E-state index in [0.717, 1.165) is 25.9 Å². The van der Waals surface area contributed by atoms with E-state index in [2.05, 4.69) is 19.2 Å². The van der Waals surface area contributed by atoms with Crippen molar-refractivity contribution in [3.8, 4) is 0 Å². The Labute approximate surface area is 165 Å². The predicted molar refractivity (Wildman–Crippen MR) is 106 cm³/mol. The molecule has 7 nitrogen and oxygen atoms in total. The predicted octanol–water partition coefficient (Wildman–Crippen LogP) is 2.30. The normalized spacial score (nSPS) is 11.3. The van der Waals surface area contributed by atoms with Gasteiger partial charge in [0.05, 0.1) is 52.4 Å². The van der Waals surface area contributed by atoms with E-state index in [-0.39, 0.29) is 12.5 Å². The van der Waals surface area contributed by atoms with Gasteiger partial charge in [0.15, 0.2) is 0 Å². The molecule has 1 amide bonds. The highest BCUT2D eigenvalue weighted by molar-refractivity contribution is 5.75. The molecule has 0 aliphatic heterocycles. The third-order valence-corrected chi connectivity index (χ3v) is 3.80. The Balaban J connectivity index is 3.15. The van der Waals surface area contributed by atoms with E-state index in [1.165, 1.54) is 19.3 Å². The van der Waals surface area contributed by atoms with Crippen molar-refractivity contribution in [2.24, 2.45) is 0 Å². The number of amides is 1. The van der Waals surface area contributed by atoms with E-state index in [1.807, 2.05) is 0 Å². The monoisotopic (exact) mass is 391 g/mol. The van der Waals surface area contributed by atoms with Gasteiger partial charge in [0.2, 0.25) is 5.91 Å². The van der Waals surface area contributed by atoms with Crippen molar-refractivity contribution in [2.75, 3.05) is 59.4 Å². The quantitative estimate of drug-likeness (QED) is 0.292. The lowest BCUT2D eigenvalue weighted by atomic mass is 10.1. The average molecular weight is 392 g/mol. The number of aliphatic hydroxyl groups excluding tert-OH is 1. The molecule has 0 aromatic heterocycles. The lowest BCUT2D eigenvalue weighted by Crippen LogP contribution is -2.27. The highest BCUT2D eigenvalue weighted by atomic mass is 16.5. The Morgan fingerprint density at radius 1 is 0.778 bits per heavy atom. The minimum absolute atomic E-state index is 0.0310. The van der Waals surface area contributed by atoms with Crippen molar-refractivity contribution in [3.63, 3.8) is 0 Å². The van der Waals surface area contributed by atoms with Crippen molar-refractivity contribution < 1.29 is 28.8 Å². The van der Waals surface area contributed by atoms with E-state index in [4.69, 9.17) is 24.1 Å². The fourth-order valence-electron chi connectivity index (χ4n) is 2.37. The van der Waals surface area contributed by atoms with Crippen LogP contribution < -0.4 is 5.32 Å². The molecule has 0 radical (unpaired) electrons. The zero-order chi connectivity index (χ0) is 20.0. The number of nitrogens with one attached hydrogen (secondary N) is 1. The second-order valence-corrected chi connectivity index (χ2v) is 6.70. The van der Waals surface area contributed by atoms with Gasteiger partial charge in [0.25, 0.3) is 0 Å². The zero-order valence-electron chi connectivity index (χ0n) is 17.4. The molecular weight excluding hydrogens is 350 g/mol. The topological polar surface area (TPSA) is 86.3 Å². The molecule has 7 heteroatoms. The van der Waals surface area contributed by atoms with Gasteiger partial charge in [-0.2, -0.15) is 0 Å². The van der Waals surface area contributed by atoms with Crippen LogP contribution in [0.4, 0.5) is 0 Å². The van der Waals surface area contributed by atoms with Gasteiger partial charge in [0, 0.05) is 19.6 Å². The summed E-state index contributed by atoms with van der Waals surface area (Å²) in [5, 5.41) is 11.4. The maximum atomic E-state index is 11.7. The Kier molecular flexibility index (Phi) is 21.0. The van der Waals surface area contributed by atoms with Crippen LogP contribution >= 0.6 is 0 Å². The lowest BCUT2D eigenvalue weighted by Gasteiger charge is -2.08. The van der Waals surface area contributed by atoms with Gasteiger partial charge in [-0.1, -0.05) is 25.7 Å². The van der Waals surface area contributed by atoms with Crippen LogP contribution in [0.1, 0.15) is 58.8 Å². The second-order valence-electron chi connectivity index (χ2n) is 6.70. The largest absolute Gasteiger partial charge is 0.394 e. The number of carbonyl (C=O) groups is 1. The van der Waals surface area contributed by atoms with Crippen molar-refractivity contribution in [2.45, 2.75) is 64.9 Å². The van der Waals surface area contributed by atoms with Gasteiger partial charge in [-0.25, -0.2) is 0 Å². The summed E-state index contributed by atoms with van der Waals surface area (Å²) in [7, 11) is 0. The number of aliphatic hydroxyl groups is 1. The maximum absolute atomic E-state index is 11.7. The smallest absolute Gasteiger partial charge is 0.220 e. The van der Waals surface area contributed by atoms with Crippen LogP contribution in [0.15, 0.2) is 0 Å². The third kappa shape index (κ3) is 23.2. The maximum Gasteiger partial charge on any atom is 0.220 e. The van der Waals surface area contributed by atoms with Crippen LogP contribution in [-0.2, 0) is 23.7 Å². The van der Waals surface area contributed by atoms with Gasteiger partial charge in [0.1, 0.15) is 0 Å². The third-order valence-electron chi connectivity index (χ3n) is 3.80. The Morgan fingerprint density at radius 2 is 1.33 bits per heavy atom. The number of carbonyl (C=O) groups excluding carboxylic acids is 1. The van der Waals surface area contributed by atoms with Gasteiger partial charge in [-0.15, -0.1) is 0 Å². The first kappa shape index (κ1) is 26.3. The molecule has 0 aliphatic rings. The molecule has 0 unspecified atom stereocenters. The highest BCUT2D eigenvalue weighted by Crippen LogP contribution is 2.07. The Morgan fingerprint density at radius 3 is 1.96 bits per heavy atom. The fraction of sp³-hybridized carbons (Fsp3) is 0.950. The average Bonchev–Trinajstić information content (AvgIpc) is 2.64. The first-order valence-electron chi connectivity index (χ1n) is 10.4. The van der Waals surface area contributed by atoms with Crippen LogP contribution in [0.3, 0.4) is 0 Å². The molecule has 0 saturated carbocycles. The summed E-state index contributed by atoms with van der Waals surface area (Å²) in [6.07, 6.45) is 7.69. The van der Waals surface area contributed by atoms with Gasteiger partial charge < -0.3 is 29.4 Å². The number of unbranched alkanes of at least 4 members (excludes halogenated alkanes) is 5. The van der Waals surface area contributed by atoms with E-state index >= 15 is 0 Å². The molecule has 0 aliphatic carbocycles. The lowest BCUT2D eigenvalue weighted by molar-refractivity contribution is -0.121. The van der Waals surface area contributed by atoms with E-state index < -0.39 is 0 Å². The molecule has 0 fully saturated rings. The Bertz CT molecular complexity index is 315. The molecule has 0 saturated heterocycles. The van der Waals surface area contributed by atoms with Crippen LogP contribution in [0.25, 0.3) is 0 Å². The first-order valence-corrected chi connectivity index (χ1v) is 10.4. The summed E-state index contributed by atoms with van der Waals surface area (Å²) in [4.78, 5) is 11.7. The van der Waals surface area contributed by atoms with Crippen molar-refractivity contribution in [1.29, 1.82) is 0 Å². The van der Waals surface area contributed by atoms with Crippen molar-refractivity contribution in [3.05, 3.63) is 0 Å². The summed E-state index contributed by atoms with van der Waals surface area (Å²) in [5.74, 6) is 0.0983. The summed E-state index contributed by atoms with van der Waals surface area (Å²) < 4.78 is 21.3. The molecular formula is C20H41NO6. The molecule has 0 rings (SSSR count). The van der Waals surface area contributed by atoms with Crippen LogP contribution in [0.2, 0.25) is 0 Å². The minimum Gasteiger partial charge on any atom is -0.394 e. The number of hydrogen-bond acceptors (Lipinski definition) is 6. The van der Waals surface area contributed by atoms with E-state index in [9.17, 15) is 4.79 Å². The van der Waals surface area contributed by atoms with Crippen LogP contribution in [0, 0.1) is 0 Å². The Hall–Kier alpha value is -0.730. The zero-order valence-corrected chi connectivity index (χ0v) is 17.4. The summed E-state index contributed by atoms with van der Waals surface area (Å²) >= 11 is 0. The van der Waals surface area contributed by atoms with Crippen LogP contribution in [-0.4, -0.2) is 76.5 Å². The minimum atomic E-state index is 0.0310. The first-order chi connectivity index (χ1) is 13.2.